The van der Waals surface area contributed by atoms with Crippen LogP contribution in [0.5, 0.6) is 0 Å². The zero-order chi connectivity index (χ0) is 14.7. The summed E-state index contributed by atoms with van der Waals surface area (Å²) in [6, 6.07) is 1.50. The number of aromatic nitrogens is 3. The SMILES string of the molecule is CCCn1c(SCc2cc(C(=O)O)oc2C)n[nH]c1=O. The van der Waals surface area contributed by atoms with Crippen LogP contribution in [0.1, 0.15) is 35.2 Å². The van der Waals surface area contributed by atoms with Crippen LogP contribution in [0.2, 0.25) is 0 Å². The van der Waals surface area contributed by atoms with Crippen LogP contribution in [0.15, 0.2) is 20.4 Å². The van der Waals surface area contributed by atoms with E-state index in [2.05, 4.69) is 10.2 Å². The van der Waals surface area contributed by atoms with Crippen LogP contribution in [-0.4, -0.2) is 25.8 Å². The standard InChI is InChI=1S/C12H15N3O4S/c1-3-4-15-11(18)13-14-12(15)20-6-8-5-9(10(16)17)19-7(8)2/h5H,3-4,6H2,1-2H3,(H,13,18)(H,16,17). The zero-order valence-corrected chi connectivity index (χ0v) is 12.0. The molecule has 0 radical (unpaired) electrons. The molecule has 0 amide bonds. The van der Waals surface area contributed by atoms with Crippen LogP contribution in [0.3, 0.4) is 0 Å². The van der Waals surface area contributed by atoms with Gasteiger partial charge in [0.1, 0.15) is 5.76 Å². The normalized spacial score (nSPS) is 10.9. The lowest BCUT2D eigenvalue weighted by atomic mass is 10.3. The quantitative estimate of drug-likeness (QED) is 0.789. The van der Waals surface area contributed by atoms with Crippen molar-refractivity contribution in [2.75, 3.05) is 0 Å². The van der Waals surface area contributed by atoms with Crippen LogP contribution < -0.4 is 5.69 Å². The largest absolute Gasteiger partial charge is 0.475 e. The number of hydrogen-bond acceptors (Lipinski definition) is 5. The molecule has 0 aliphatic carbocycles. The number of thioether (sulfide) groups is 1. The Bertz CT molecular complexity index is 671. The number of aromatic amines is 1. The Morgan fingerprint density at radius 3 is 2.95 bits per heavy atom. The lowest BCUT2D eigenvalue weighted by Crippen LogP contribution is -2.17. The van der Waals surface area contributed by atoms with Gasteiger partial charge in [0.05, 0.1) is 0 Å². The van der Waals surface area contributed by atoms with E-state index in [9.17, 15) is 9.59 Å². The minimum atomic E-state index is -1.09. The first-order chi connectivity index (χ1) is 9.52. The van der Waals surface area contributed by atoms with Crippen molar-refractivity contribution in [3.05, 3.63) is 33.6 Å². The molecule has 2 rings (SSSR count). The monoisotopic (exact) mass is 297 g/mol. The number of carbonyl (C=O) groups is 1. The first kappa shape index (κ1) is 14.4. The smallest absolute Gasteiger partial charge is 0.371 e. The molecule has 8 heteroatoms. The fraction of sp³-hybridized carbons (Fsp3) is 0.417. The third-order valence-corrected chi connectivity index (χ3v) is 3.78. The number of carboxylic acid groups (broad SMARTS) is 1. The highest BCUT2D eigenvalue weighted by atomic mass is 32.2. The second-order valence-corrected chi connectivity index (χ2v) is 5.19. The maximum atomic E-state index is 11.5. The number of aryl methyl sites for hydroxylation is 1. The summed E-state index contributed by atoms with van der Waals surface area (Å²) >= 11 is 1.37. The summed E-state index contributed by atoms with van der Waals surface area (Å²) in [5.74, 6) is -0.107. The Labute approximate surface area is 119 Å². The Kier molecular flexibility index (Phi) is 4.33. The van der Waals surface area contributed by atoms with Crippen molar-refractivity contribution >= 4 is 17.7 Å². The van der Waals surface area contributed by atoms with Gasteiger partial charge in [-0.05, 0) is 19.4 Å². The van der Waals surface area contributed by atoms with E-state index in [1.54, 1.807) is 11.5 Å². The number of H-pyrrole nitrogens is 1. The summed E-state index contributed by atoms with van der Waals surface area (Å²) in [5, 5.41) is 15.8. The predicted molar refractivity (Wildman–Crippen MR) is 73.1 cm³/mol. The molecule has 20 heavy (non-hydrogen) atoms. The fourth-order valence-electron chi connectivity index (χ4n) is 1.75. The van der Waals surface area contributed by atoms with Crippen LogP contribution >= 0.6 is 11.8 Å². The molecule has 0 aromatic carbocycles. The first-order valence-corrected chi connectivity index (χ1v) is 7.12. The second kappa shape index (κ2) is 6.00. The average Bonchev–Trinajstić information content (AvgIpc) is 2.93. The molecule has 0 atom stereocenters. The zero-order valence-electron chi connectivity index (χ0n) is 11.2. The van der Waals surface area contributed by atoms with E-state index in [1.165, 1.54) is 17.8 Å². The number of nitrogens with zero attached hydrogens (tertiary/aromatic N) is 2. The van der Waals surface area contributed by atoms with Crippen molar-refractivity contribution in [1.82, 2.24) is 14.8 Å². The van der Waals surface area contributed by atoms with Crippen molar-refractivity contribution in [2.24, 2.45) is 0 Å². The lowest BCUT2D eigenvalue weighted by molar-refractivity contribution is 0.0661. The highest BCUT2D eigenvalue weighted by Gasteiger charge is 2.15. The van der Waals surface area contributed by atoms with E-state index < -0.39 is 5.97 Å². The van der Waals surface area contributed by atoms with E-state index in [0.29, 0.717) is 23.2 Å². The molecule has 2 heterocycles. The molecule has 0 bridgehead atoms. The van der Waals surface area contributed by atoms with Crippen LogP contribution in [0, 0.1) is 6.92 Å². The first-order valence-electron chi connectivity index (χ1n) is 6.13. The molecule has 0 saturated heterocycles. The van der Waals surface area contributed by atoms with E-state index in [4.69, 9.17) is 9.52 Å². The molecule has 108 valence electrons. The maximum Gasteiger partial charge on any atom is 0.371 e. The molecule has 0 saturated carbocycles. The lowest BCUT2D eigenvalue weighted by Gasteiger charge is -2.02. The van der Waals surface area contributed by atoms with Crippen molar-refractivity contribution in [3.8, 4) is 0 Å². The summed E-state index contributed by atoms with van der Waals surface area (Å²) in [7, 11) is 0. The van der Waals surface area contributed by atoms with Gasteiger partial charge >= 0.3 is 11.7 Å². The van der Waals surface area contributed by atoms with Crippen molar-refractivity contribution < 1.29 is 14.3 Å². The Morgan fingerprint density at radius 2 is 2.35 bits per heavy atom. The topological polar surface area (TPSA) is 101 Å². The van der Waals surface area contributed by atoms with Gasteiger partial charge in [-0.15, -0.1) is 5.10 Å². The van der Waals surface area contributed by atoms with Crippen LogP contribution in [-0.2, 0) is 12.3 Å². The molecule has 0 spiro atoms. The van der Waals surface area contributed by atoms with Crippen molar-refractivity contribution in [2.45, 2.75) is 37.7 Å². The molecule has 0 aliphatic rings. The average molecular weight is 297 g/mol. The molecule has 0 fully saturated rings. The van der Waals surface area contributed by atoms with E-state index in [-0.39, 0.29) is 11.4 Å². The van der Waals surface area contributed by atoms with Gasteiger partial charge in [0, 0.05) is 17.9 Å². The minimum absolute atomic E-state index is 0.0777. The van der Waals surface area contributed by atoms with Gasteiger partial charge in [-0.2, -0.15) is 0 Å². The van der Waals surface area contributed by atoms with Crippen LogP contribution in [0.4, 0.5) is 0 Å². The van der Waals surface area contributed by atoms with Gasteiger partial charge in [-0.25, -0.2) is 14.7 Å². The third-order valence-electron chi connectivity index (χ3n) is 2.76. The Hall–Kier alpha value is -1.96. The van der Waals surface area contributed by atoms with E-state index in [0.717, 1.165) is 12.0 Å². The summed E-state index contributed by atoms with van der Waals surface area (Å²) in [5.41, 5.74) is 0.551. The number of hydrogen-bond donors (Lipinski definition) is 2. The fourth-order valence-corrected chi connectivity index (χ4v) is 2.76. The van der Waals surface area contributed by atoms with Gasteiger partial charge in [0.2, 0.25) is 5.76 Å². The molecule has 0 aliphatic heterocycles. The van der Waals surface area contributed by atoms with Gasteiger partial charge < -0.3 is 9.52 Å². The highest BCUT2D eigenvalue weighted by molar-refractivity contribution is 7.98. The Balaban J connectivity index is 2.13. The Morgan fingerprint density at radius 1 is 1.60 bits per heavy atom. The summed E-state index contributed by atoms with van der Waals surface area (Å²) in [4.78, 5) is 22.4. The van der Waals surface area contributed by atoms with Gasteiger partial charge in [-0.3, -0.25) is 4.57 Å². The molecular formula is C12H15N3O4S. The summed E-state index contributed by atoms with van der Waals surface area (Å²) < 4.78 is 6.71. The second-order valence-electron chi connectivity index (χ2n) is 4.25. The van der Waals surface area contributed by atoms with E-state index in [1.807, 2.05) is 6.92 Å². The number of carboxylic acids is 1. The third kappa shape index (κ3) is 2.96. The number of rotatable bonds is 6. The highest BCUT2D eigenvalue weighted by Crippen LogP contribution is 2.24. The molecule has 2 aromatic heterocycles. The number of nitrogens with one attached hydrogen (secondary N) is 1. The molecular weight excluding hydrogens is 282 g/mol. The van der Waals surface area contributed by atoms with Gasteiger partial charge in [0.25, 0.3) is 0 Å². The summed E-state index contributed by atoms with van der Waals surface area (Å²) in [6.07, 6.45) is 0.834. The van der Waals surface area contributed by atoms with Crippen molar-refractivity contribution in [3.63, 3.8) is 0 Å². The van der Waals surface area contributed by atoms with E-state index >= 15 is 0 Å². The number of aromatic carboxylic acids is 1. The van der Waals surface area contributed by atoms with Gasteiger partial charge in [-0.1, -0.05) is 18.7 Å². The van der Waals surface area contributed by atoms with Gasteiger partial charge in [0.15, 0.2) is 5.16 Å². The summed E-state index contributed by atoms with van der Waals surface area (Å²) in [6.45, 7) is 4.29. The van der Waals surface area contributed by atoms with Crippen LogP contribution in [0.25, 0.3) is 0 Å². The van der Waals surface area contributed by atoms with Crippen molar-refractivity contribution in [1.29, 1.82) is 0 Å². The number of furan rings is 1. The maximum absolute atomic E-state index is 11.5. The molecule has 2 aromatic rings. The molecule has 2 N–H and O–H groups in total. The predicted octanol–water partition coefficient (Wildman–Crippen LogP) is 1.87. The molecule has 0 unspecified atom stereocenters. The molecule has 7 nitrogen and oxygen atoms in total. The minimum Gasteiger partial charge on any atom is -0.475 e.